The molecule has 2 rings (SSSR count). The summed E-state index contributed by atoms with van der Waals surface area (Å²) in [5.41, 5.74) is 0.500. The highest BCUT2D eigenvalue weighted by Crippen LogP contribution is 2.23. The van der Waals surface area contributed by atoms with E-state index < -0.39 is 29.4 Å². The number of carbonyl (C=O) groups excluding carboxylic acids is 1. The highest BCUT2D eigenvalue weighted by molar-refractivity contribution is 5.68. The molecule has 1 aromatic heterocycles. The third kappa shape index (κ3) is 5.77. The molecule has 0 bridgehead atoms. The van der Waals surface area contributed by atoms with Gasteiger partial charge in [0.05, 0.1) is 18.8 Å². The number of carbonyl (C=O) groups is 1. The predicted octanol–water partition coefficient (Wildman–Crippen LogP) is 4.62. The quantitative estimate of drug-likeness (QED) is 0.731. The first-order chi connectivity index (χ1) is 13.1. The minimum Gasteiger partial charge on any atom is -0.500 e. The molecule has 1 N–H and O–H groups in total. The van der Waals surface area contributed by atoms with E-state index in [9.17, 15) is 13.6 Å². The molecule has 0 aliphatic carbocycles. The molecule has 5 nitrogen and oxygen atoms in total. The summed E-state index contributed by atoms with van der Waals surface area (Å²) >= 11 is 0. The number of nitrogens with one attached hydrogen (secondary N) is 1. The molecule has 0 aliphatic heterocycles. The van der Waals surface area contributed by atoms with Gasteiger partial charge in [0.25, 0.3) is 0 Å². The molecule has 1 heterocycles. The van der Waals surface area contributed by atoms with Crippen molar-refractivity contribution in [1.29, 1.82) is 0 Å². The predicted molar refractivity (Wildman–Crippen MR) is 103 cm³/mol. The zero-order valence-electron chi connectivity index (χ0n) is 16.4. The number of alkyl carbamates (subject to hydrolysis) is 1. The van der Waals surface area contributed by atoms with E-state index in [1.807, 2.05) is 0 Å². The number of halogens is 2. The van der Waals surface area contributed by atoms with Crippen LogP contribution in [0.4, 0.5) is 13.6 Å². The smallest absolute Gasteiger partial charge is 0.408 e. The van der Waals surface area contributed by atoms with Gasteiger partial charge in [0, 0.05) is 18.2 Å². The topological polar surface area (TPSA) is 60.5 Å². The lowest BCUT2D eigenvalue weighted by Gasteiger charge is -2.24. The Morgan fingerprint density at radius 2 is 1.96 bits per heavy atom. The summed E-state index contributed by atoms with van der Waals surface area (Å²) in [6.45, 7) is 9.10. The Bertz CT molecular complexity index is 846. The SMILES string of the molecule is C=C(OC)C(Cc1ccc(-c2cccc(F)c2F)nc1)NC(=O)OC(C)(C)C. The Morgan fingerprint density at radius 3 is 2.54 bits per heavy atom. The molecule has 0 saturated carbocycles. The Morgan fingerprint density at radius 1 is 1.25 bits per heavy atom. The number of amides is 1. The third-order valence-electron chi connectivity index (χ3n) is 3.83. The Kier molecular flexibility index (Phi) is 6.72. The van der Waals surface area contributed by atoms with Crippen LogP contribution in [-0.2, 0) is 15.9 Å². The van der Waals surface area contributed by atoms with Crippen LogP contribution in [0.15, 0.2) is 48.9 Å². The highest BCUT2D eigenvalue weighted by Gasteiger charge is 2.22. The molecule has 2 aromatic rings. The van der Waals surface area contributed by atoms with Crippen molar-refractivity contribution in [3.63, 3.8) is 0 Å². The third-order valence-corrected chi connectivity index (χ3v) is 3.83. The average Bonchev–Trinajstić information content (AvgIpc) is 2.62. The number of methoxy groups -OCH3 is 1. The van der Waals surface area contributed by atoms with Crippen LogP contribution in [0.1, 0.15) is 26.3 Å². The lowest BCUT2D eigenvalue weighted by molar-refractivity contribution is 0.0497. The fraction of sp³-hybridized carbons (Fsp3) is 0.333. The van der Waals surface area contributed by atoms with Gasteiger partial charge in [-0.05, 0) is 44.5 Å². The van der Waals surface area contributed by atoms with Crippen LogP contribution in [0.25, 0.3) is 11.3 Å². The van der Waals surface area contributed by atoms with Crippen LogP contribution in [0.3, 0.4) is 0 Å². The zero-order valence-corrected chi connectivity index (χ0v) is 16.4. The van der Waals surface area contributed by atoms with Crippen LogP contribution >= 0.6 is 0 Å². The molecular weight excluding hydrogens is 366 g/mol. The van der Waals surface area contributed by atoms with Gasteiger partial charge >= 0.3 is 6.09 Å². The van der Waals surface area contributed by atoms with Gasteiger partial charge in [0.15, 0.2) is 11.6 Å². The van der Waals surface area contributed by atoms with Crippen LogP contribution in [0, 0.1) is 11.6 Å². The number of ether oxygens (including phenoxy) is 2. The standard InChI is InChI=1S/C21H24F2N2O3/c1-13(27-5)18(25-20(26)28-21(2,3)4)11-14-9-10-17(24-12-14)15-7-6-8-16(22)19(15)23/h6-10,12,18H,1,11H2,2-5H3,(H,25,26). The number of nitrogens with zero attached hydrogens (tertiary/aromatic N) is 1. The van der Waals surface area contributed by atoms with Crippen molar-refractivity contribution in [3.8, 4) is 11.3 Å². The summed E-state index contributed by atoms with van der Waals surface area (Å²) in [6, 6.07) is 6.70. The maximum absolute atomic E-state index is 13.9. The fourth-order valence-corrected chi connectivity index (χ4v) is 2.48. The van der Waals surface area contributed by atoms with E-state index in [0.29, 0.717) is 17.9 Å². The Hall–Kier alpha value is -2.96. The molecule has 0 saturated heterocycles. The van der Waals surface area contributed by atoms with Crippen molar-refractivity contribution in [2.24, 2.45) is 0 Å². The Balaban J connectivity index is 2.15. The van der Waals surface area contributed by atoms with E-state index in [1.54, 1.807) is 32.9 Å². The number of hydrogen-bond donors (Lipinski definition) is 1. The second kappa shape index (κ2) is 8.82. The van der Waals surface area contributed by atoms with E-state index >= 15 is 0 Å². The van der Waals surface area contributed by atoms with Gasteiger partial charge in [-0.15, -0.1) is 0 Å². The molecule has 0 spiro atoms. The maximum atomic E-state index is 13.9. The first-order valence-corrected chi connectivity index (χ1v) is 8.72. The summed E-state index contributed by atoms with van der Waals surface area (Å²) in [6.07, 6.45) is 1.28. The number of aromatic nitrogens is 1. The average molecular weight is 390 g/mol. The van der Waals surface area contributed by atoms with Crippen molar-refractivity contribution < 1.29 is 23.0 Å². The Labute approximate surface area is 163 Å². The molecule has 1 unspecified atom stereocenters. The van der Waals surface area contributed by atoms with E-state index in [4.69, 9.17) is 9.47 Å². The highest BCUT2D eigenvalue weighted by atomic mass is 19.2. The number of hydrogen-bond acceptors (Lipinski definition) is 4. The van der Waals surface area contributed by atoms with Gasteiger partial charge in [0.1, 0.15) is 11.4 Å². The van der Waals surface area contributed by atoms with Gasteiger partial charge in [-0.1, -0.05) is 18.7 Å². The lowest BCUT2D eigenvalue weighted by atomic mass is 10.0. The summed E-state index contributed by atoms with van der Waals surface area (Å²) in [4.78, 5) is 16.3. The largest absolute Gasteiger partial charge is 0.500 e. The molecule has 28 heavy (non-hydrogen) atoms. The van der Waals surface area contributed by atoms with Gasteiger partial charge in [-0.25, -0.2) is 13.6 Å². The van der Waals surface area contributed by atoms with Gasteiger partial charge in [-0.2, -0.15) is 0 Å². The maximum Gasteiger partial charge on any atom is 0.408 e. The second-order valence-electron chi connectivity index (χ2n) is 7.23. The lowest BCUT2D eigenvalue weighted by Crippen LogP contribution is -2.41. The van der Waals surface area contributed by atoms with Crippen LogP contribution < -0.4 is 5.32 Å². The summed E-state index contributed by atoms with van der Waals surface area (Å²) in [7, 11) is 1.46. The van der Waals surface area contributed by atoms with Gasteiger partial charge in [-0.3, -0.25) is 4.98 Å². The number of rotatable bonds is 6. The molecule has 150 valence electrons. The molecule has 7 heteroatoms. The molecule has 0 aliphatic rings. The summed E-state index contributed by atoms with van der Waals surface area (Å²) < 4.78 is 37.8. The van der Waals surface area contributed by atoms with Gasteiger partial charge < -0.3 is 14.8 Å². The molecule has 0 fully saturated rings. The van der Waals surface area contributed by atoms with Crippen molar-refractivity contribution in [2.45, 2.75) is 38.8 Å². The van der Waals surface area contributed by atoms with Crippen LogP contribution in [-0.4, -0.2) is 29.8 Å². The van der Waals surface area contributed by atoms with Crippen molar-refractivity contribution in [3.05, 3.63) is 66.1 Å². The summed E-state index contributed by atoms with van der Waals surface area (Å²) in [5.74, 6) is -1.52. The second-order valence-corrected chi connectivity index (χ2v) is 7.23. The minimum atomic E-state index is -0.944. The first-order valence-electron chi connectivity index (χ1n) is 8.72. The van der Waals surface area contributed by atoms with Crippen LogP contribution in [0.2, 0.25) is 0 Å². The monoisotopic (exact) mass is 390 g/mol. The molecule has 1 amide bonds. The minimum absolute atomic E-state index is 0.0799. The van der Waals surface area contributed by atoms with Crippen molar-refractivity contribution >= 4 is 6.09 Å². The summed E-state index contributed by atoms with van der Waals surface area (Å²) in [5, 5.41) is 2.71. The van der Waals surface area contributed by atoms with Crippen LogP contribution in [0.5, 0.6) is 0 Å². The zero-order chi connectivity index (χ0) is 20.9. The van der Waals surface area contributed by atoms with Crippen molar-refractivity contribution in [1.82, 2.24) is 10.3 Å². The molecular formula is C21H24F2N2O3. The first kappa shape index (κ1) is 21.3. The van der Waals surface area contributed by atoms with E-state index in [1.165, 1.54) is 25.4 Å². The number of pyridine rings is 1. The molecule has 0 radical (unpaired) electrons. The fourth-order valence-electron chi connectivity index (χ4n) is 2.48. The van der Waals surface area contributed by atoms with E-state index in [-0.39, 0.29) is 5.56 Å². The number of benzene rings is 1. The molecule has 1 atom stereocenters. The van der Waals surface area contributed by atoms with Crippen molar-refractivity contribution in [2.75, 3.05) is 7.11 Å². The van der Waals surface area contributed by atoms with E-state index in [0.717, 1.165) is 11.6 Å². The van der Waals surface area contributed by atoms with E-state index in [2.05, 4.69) is 16.9 Å². The van der Waals surface area contributed by atoms with Gasteiger partial charge in [0.2, 0.25) is 0 Å². The normalized spacial score (nSPS) is 12.2. The molecule has 1 aromatic carbocycles.